The molecule has 9 heteroatoms. The highest BCUT2D eigenvalue weighted by Crippen LogP contribution is 2.33. The van der Waals surface area contributed by atoms with Crippen molar-refractivity contribution in [3.63, 3.8) is 0 Å². The number of urea groups is 1. The predicted octanol–water partition coefficient (Wildman–Crippen LogP) is 1.38. The van der Waals surface area contributed by atoms with Crippen LogP contribution in [0, 0.1) is 6.92 Å². The molecule has 9 nitrogen and oxygen atoms in total. The number of rotatable bonds is 4. The monoisotopic (exact) mass is 397 g/mol. The maximum atomic E-state index is 12.3. The van der Waals surface area contributed by atoms with Gasteiger partial charge in [0, 0.05) is 49.4 Å². The first-order valence-corrected chi connectivity index (χ1v) is 9.82. The Morgan fingerprint density at radius 1 is 1.34 bits per heavy atom. The average molecular weight is 397 g/mol. The molecule has 0 aliphatic carbocycles. The van der Waals surface area contributed by atoms with Gasteiger partial charge in [0.15, 0.2) is 0 Å². The van der Waals surface area contributed by atoms with Crippen LogP contribution in [0.5, 0.6) is 0 Å². The molecule has 2 amide bonds. The van der Waals surface area contributed by atoms with Gasteiger partial charge in [-0.1, -0.05) is 0 Å². The van der Waals surface area contributed by atoms with E-state index in [-0.39, 0.29) is 18.6 Å². The fourth-order valence-electron chi connectivity index (χ4n) is 3.73. The van der Waals surface area contributed by atoms with Gasteiger partial charge in [0.05, 0.1) is 17.3 Å². The molecule has 0 spiro atoms. The first-order chi connectivity index (χ1) is 13.9. The highest BCUT2D eigenvalue weighted by molar-refractivity contribution is 5.89. The number of hydrazine groups is 1. The Morgan fingerprint density at radius 2 is 2.14 bits per heavy atom. The molecule has 2 aromatic heterocycles. The van der Waals surface area contributed by atoms with Gasteiger partial charge < -0.3 is 20.7 Å². The molecule has 0 radical (unpaired) electrons. The van der Waals surface area contributed by atoms with Gasteiger partial charge in [-0.2, -0.15) is 0 Å². The van der Waals surface area contributed by atoms with Crippen LogP contribution >= 0.6 is 0 Å². The van der Waals surface area contributed by atoms with Crippen LogP contribution in [-0.4, -0.2) is 58.3 Å². The third-order valence-corrected chi connectivity index (χ3v) is 5.59. The topological polar surface area (TPSA) is 114 Å². The molecule has 4 heterocycles. The lowest BCUT2D eigenvalue weighted by molar-refractivity contribution is -0.0120. The molecule has 2 aliphatic heterocycles. The van der Waals surface area contributed by atoms with Crippen molar-refractivity contribution in [3.8, 4) is 0 Å². The lowest BCUT2D eigenvalue weighted by atomic mass is 9.92. The molecule has 5 N–H and O–H groups in total. The Kier molecular flexibility index (Phi) is 5.35. The van der Waals surface area contributed by atoms with Gasteiger partial charge in [-0.05, 0) is 44.5 Å². The van der Waals surface area contributed by atoms with Crippen molar-refractivity contribution in [2.45, 2.75) is 31.4 Å². The second-order valence-electron chi connectivity index (χ2n) is 7.92. The number of carbonyl (C=O) groups is 1. The number of nitrogens with one attached hydrogen (secondary N) is 4. The maximum absolute atomic E-state index is 12.3. The Morgan fingerprint density at radius 3 is 2.90 bits per heavy atom. The fraction of sp³-hybridized carbons (Fsp3) is 0.450. The lowest BCUT2D eigenvalue weighted by Gasteiger charge is -2.36. The quantitative estimate of drug-likeness (QED) is 0.530. The molecular formula is C20H27N7O2. The molecule has 0 aromatic carbocycles. The molecule has 1 fully saturated rings. The Labute approximate surface area is 169 Å². The summed E-state index contributed by atoms with van der Waals surface area (Å²) < 4.78 is 0. The number of hydrogen-bond acceptors (Lipinski definition) is 7. The standard InChI is InChI=1S/C20H27N7O2/c1-13-9-14(3-6-21-13)18-15-11-22-17(10-16(15)25-26-18)24-19(28)23-12-20(29)4-7-27(2)8-5-20/h3,6,9-11,18,25-26,29H,4-5,7-8,12H2,1-2H3,(H2,22,23,24,28). The van der Waals surface area contributed by atoms with Gasteiger partial charge in [0.1, 0.15) is 5.82 Å². The highest BCUT2D eigenvalue weighted by Gasteiger charge is 2.31. The third-order valence-electron chi connectivity index (χ3n) is 5.59. The maximum Gasteiger partial charge on any atom is 0.320 e. The van der Waals surface area contributed by atoms with Crippen LogP contribution in [0.15, 0.2) is 30.6 Å². The molecule has 29 heavy (non-hydrogen) atoms. The molecule has 0 saturated carbocycles. The number of nitrogens with zero attached hydrogens (tertiary/aromatic N) is 3. The molecule has 0 bridgehead atoms. The SMILES string of the molecule is Cc1cc(C2NNc3cc(NC(=O)NCC4(O)CCN(C)CC4)ncc32)ccn1. The van der Waals surface area contributed by atoms with E-state index in [1.54, 1.807) is 18.5 Å². The van der Waals surface area contributed by atoms with E-state index < -0.39 is 5.60 Å². The van der Waals surface area contributed by atoms with Crippen LogP contribution in [-0.2, 0) is 0 Å². The van der Waals surface area contributed by atoms with Crippen molar-refractivity contribution >= 4 is 17.5 Å². The molecule has 154 valence electrons. The van der Waals surface area contributed by atoms with Gasteiger partial charge in [0.2, 0.25) is 0 Å². The molecule has 2 aromatic rings. The molecule has 4 rings (SSSR count). The number of pyridine rings is 2. The molecule has 2 aliphatic rings. The second kappa shape index (κ2) is 7.94. The van der Waals surface area contributed by atoms with E-state index in [9.17, 15) is 9.90 Å². The Balaban J connectivity index is 1.36. The van der Waals surface area contributed by atoms with Gasteiger partial charge in [-0.3, -0.25) is 10.3 Å². The van der Waals surface area contributed by atoms with Crippen LogP contribution in [0.2, 0.25) is 0 Å². The summed E-state index contributed by atoms with van der Waals surface area (Å²) in [7, 11) is 2.03. The summed E-state index contributed by atoms with van der Waals surface area (Å²) in [6.07, 6.45) is 4.83. The van der Waals surface area contributed by atoms with E-state index in [1.165, 1.54) is 0 Å². The fourth-order valence-corrected chi connectivity index (χ4v) is 3.73. The Bertz CT molecular complexity index is 896. The van der Waals surface area contributed by atoms with E-state index in [2.05, 4.69) is 36.4 Å². The molecular weight excluding hydrogens is 370 g/mol. The number of aromatic nitrogens is 2. The van der Waals surface area contributed by atoms with E-state index >= 15 is 0 Å². The summed E-state index contributed by atoms with van der Waals surface area (Å²) in [4.78, 5) is 23.0. The average Bonchev–Trinajstić information content (AvgIpc) is 3.12. The number of aryl methyl sites for hydroxylation is 1. The van der Waals surface area contributed by atoms with Gasteiger partial charge in [-0.15, -0.1) is 0 Å². The second-order valence-corrected chi connectivity index (χ2v) is 7.92. The van der Waals surface area contributed by atoms with Crippen molar-refractivity contribution in [3.05, 3.63) is 47.4 Å². The molecule has 1 saturated heterocycles. The van der Waals surface area contributed by atoms with E-state index in [4.69, 9.17) is 0 Å². The third kappa shape index (κ3) is 4.47. The van der Waals surface area contributed by atoms with Crippen molar-refractivity contribution in [1.82, 2.24) is 25.6 Å². The number of amides is 2. The van der Waals surface area contributed by atoms with Crippen molar-refractivity contribution in [2.75, 3.05) is 37.4 Å². The van der Waals surface area contributed by atoms with Crippen LogP contribution in [0.4, 0.5) is 16.3 Å². The summed E-state index contributed by atoms with van der Waals surface area (Å²) >= 11 is 0. The number of aliphatic hydroxyl groups is 1. The van der Waals surface area contributed by atoms with Crippen LogP contribution in [0.25, 0.3) is 0 Å². The zero-order valence-electron chi connectivity index (χ0n) is 16.7. The van der Waals surface area contributed by atoms with Gasteiger partial charge in [0.25, 0.3) is 0 Å². The predicted molar refractivity (Wildman–Crippen MR) is 111 cm³/mol. The number of fused-ring (bicyclic) bond motifs is 1. The minimum atomic E-state index is -0.851. The normalized spacial score (nSPS) is 20.6. The summed E-state index contributed by atoms with van der Waals surface area (Å²) in [5, 5.41) is 16.1. The van der Waals surface area contributed by atoms with Crippen LogP contribution in [0.3, 0.4) is 0 Å². The minimum absolute atomic E-state index is 0.0271. The first-order valence-electron chi connectivity index (χ1n) is 9.82. The first kappa shape index (κ1) is 19.6. The molecule has 1 unspecified atom stereocenters. The summed E-state index contributed by atoms with van der Waals surface area (Å²) in [5.74, 6) is 0.442. The zero-order valence-corrected chi connectivity index (χ0v) is 16.7. The lowest BCUT2D eigenvalue weighted by Crippen LogP contribution is -2.50. The van der Waals surface area contributed by atoms with Gasteiger partial charge >= 0.3 is 6.03 Å². The summed E-state index contributed by atoms with van der Waals surface area (Å²) in [5.41, 5.74) is 9.45. The summed E-state index contributed by atoms with van der Waals surface area (Å²) in [6, 6.07) is 5.38. The van der Waals surface area contributed by atoms with E-state index in [0.717, 1.165) is 35.6 Å². The smallest absolute Gasteiger partial charge is 0.320 e. The summed E-state index contributed by atoms with van der Waals surface area (Å²) in [6.45, 7) is 3.83. The Hall–Kier alpha value is -2.75. The van der Waals surface area contributed by atoms with E-state index in [1.807, 2.05) is 26.1 Å². The number of likely N-dealkylation sites (tertiary alicyclic amines) is 1. The van der Waals surface area contributed by atoms with E-state index in [0.29, 0.717) is 18.7 Å². The van der Waals surface area contributed by atoms with Crippen LogP contribution < -0.4 is 21.5 Å². The van der Waals surface area contributed by atoms with Crippen LogP contribution in [0.1, 0.15) is 35.7 Å². The zero-order chi connectivity index (χ0) is 20.4. The number of hydrogen-bond donors (Lipinski definition) is 5. The number of anilines is 2. The molecule has 1 atom stereocenters. The number of piperidine rings is 1. The number of carbonyl (C=O) groups excluding carboxylic acids is 1. The largest absolute Gasteiger partial charge is 0.388 e. The highest BCUT2D eigenvalue weighted by atomic mass is 16.3. The van der Waals surface area contributed by atoms with Crippen molar-refractivity contribution in [1.29, 1.82) is 0 Å². The van der Waals surface area contributed by atoms with Crippen molar-refractivity contribution in [2.24, 2.45) is 0 Å². The van der Waals surface area contributed by atoms with Crippen molar-refractivity contribution < 1.29 is 9.90 Å². The van der Waals surface area contributed by atoms with Gasteiger partial charge in [-0.25, -0.2) is 15.2 Å². The minimum Gasteiger partial charge on any atom is -0.388 e.